The van der Waals surface area contributed by atoms with Gasteiger partial charge in [0.05, 0.1) is 10.0 Å². The lowest BCUT2D eigenvalue weighted by molar-refractivity contribution is 0.111. The Morgan fingerprint density at radius 1 is 0.810 bits per heavy atom. The van der Waals surface area contributed by atoms with Crippen molar-refractivity contribution in [1.82, 2.24) is 0 Å². The molecule has 0 aliphatic carbocycles. The summed E-state index contributed by atoms with van der Waals surface area (Å²) in [5.41, 5.74) is 0.280. The van der Waals surface area contributed by atoms with Gasteiger partial charge in [0.2, 0.25) is 0 Å². The van der Waals surface area contributed by atoms with Crippen molar-refractivity contribution in [2.24, 2.45) is 0 Å². The first-order valence-corrected chi connectivity index (χ1v) is 6.57. The first-order chi connectivity index (χ1) is 9.76. The highest BCUT2D eigenvalue weighted by atomic mass is 79.9. The summed E-state index contributed by atoms with van der Waals surface area (Å²) in [7, 11) is 0. The average molecular weight is 363 g/mol. The van der Waals surface area contributed by atoms with E-state index in [1.54, 1.807) is 0 Å². The first kappa shape index (κ1) is 17.4. The van der Waals surface area contributed by atoms with Crippen LogP contribution >= 0.6 is 15.9 Å². The Hall–Kier alpha value is -1.69. The molecule has 0 amide bonds. The minimum Gasteiger partial charge on any atom is -0.298 e. The summed E-state index contributed by atoms with van der Waals surface area (Å²) in [5, 5.41) is 0. The van der Waals surface area contributed by atoms with Crippen molar-refractivity contribution in [3.05, 3.63) is 68.7 Å². The maximum Gasteiger partial charge on any atom is 0.153 e. The summed E-state index contributed by atoms with van der Waals surface area (Å²) < 4.78 is 50.5. The zero-order valence-electron chi connectivity index (χ0n) is 11.2. The largest absolute Gasteiger partial charge is 0.298 e. The van der Waals surface area contributed by atoms with Crippen LogP contribution in [0.3, 0.4) is 0 Å². The molecule has 0 heterocycles. The molecule has 2 aromatic carbocycles. The molecule has 112 valence electrons. The Labute approximate surface area is 127 Å². The zero-order chi connectivity index (χ0) is 16.2. The standard InChI is InChI=1S/C8H6F2O.C7H5BrF2/c1-5-2-8(10)6(4-11)3-7(5)9;1-4-2-7(10)5(8)3-6(4)9/h2-4H,1H3;2-3H,1H3. The minimum absolute atomic E-state index is 0.163. The van der Waals surface area contributed by atoms with Gasteiger partial charge in [0.25, 0.3) is 0 Å². The summed E-state index contributed by atoms with van der Waals surface area (Å²) in [5.74, 6) is -2.07. The van der Waals surface area contributed by atoms with E-state index in [1.807, 2.05) is 0 Å². The number of carbonyl (C=O) groups is 1. The normalized spacial score (nSPS) is 9.86. The van der Waals surface area contributed by atoms with Crippen molar-refractivity contribution in [3.63, 3.8) is 0 Å². The summed E-state index contributed by atoms with van der Waals surface area (Å²) in [6.45, 7) is 2.96. The average Bonchev–Trinajstić information content (AvgIpc) is 2.41. The van der Waals surface area contributed by atoms with Crippen molar-refractivity contribution in [1.29, 1.82) is 0 Å². The molecule has 0 saturated heterocycles. The molecule has 0 aliphatic rings. The van der Waals surface area contributed by atoms with Gasteiger partial charge in [-0.1, -0.05) is 0 Å². The van der Waals surface area contributed by atoms with Crippen LogP contribution in [0.4, 0.5) is 17.6 Å². The van der Waals surface area contributed by atoms with Gasteiger partial charge in [-0.3, -0.25) is 4.79 Å². The Bertz CT molecular complexity index is 621. The molecule has 2 rings (SSSR count). The van der Waals surface area contributed by atoms with E-state index < -0.39 is 23.3 Å². The number of aldehydes is 1. The van der Waals surface area contributed by atoms with Gasteiger partial charge in [0.15, 0.2) is 6.29 Å². The van der Waals surface area contributed by atoms with E-state index in [2.05, 4.69) is 15.9 Å². The number of hydrogen-bond donors (Lipinski definition) is 0. The lowest BCUT2D eigenvalue weighted by Crippen LogP contribution is -1.92. The van der Waals surface area contributed by atoms with Crippen molar-refractivity contribution < 1.29 is 22.4 Å². The van der Waals surface area contributed by atoms with Gasteiger partial charge < -0.3 is 0 Å². The van der Waals surface area contributed by atoms with Crippen LogP contribution in [-0.4, -0.2) is 6.29 Å². The van der Waals surface area contributed by atoms with E-state index in [9.17, 15) is 22.4 Å². The molecule has 0 aliphatic heterocycles. The third-order valence-electron chi connectivity index (χ3n) is 2.61. The van der Waals surface area contributed by atoms with Gasteiger partial charge in [-0.15, -0.1) is 0 Å². The van der Waals surface area contributed by atoms with Gasteiger partial charge >= 0.3 is 0 Å². The number of aryl methyl sites for hydroxylation is 2. The van der Waals surface area contributed by atoms with E-state index in [-0.39, 0.29) is 21.9 Å². The van der Waals surface area contributed by atoms with Crippen LogP contribution < -0.4 is 0 Å². The van der Waals surface area contributed by atoms with Gasteiger partial charge in [-0.2, -0.15) is 0 Å². The van der Waals surface area contributed by atoms with E-state index >= 15 is 0 Å². The molecule has 0 saturated carbocycles. The zero-order valence-corrected chi connectivity index (χ0v) is 12.8. The highest BCUT2D eigenvalue weighted by Gasteiger charge is 2.05. The SMILES string of the molecule is Cc1cc(F)c(Br)cc1F.Cc1cc(F)c(C=O)cc1F. The molecule has 1 nitrogen and oxygen atoms in total. The third kappa shape index (κ3) is 4.67. The Balaban J connectivity index is 0.000000211. The molecule has 0 unspecified atom stereocenters. The molecule has 0 atom stereocenters. The summed E-state index contributed by atoms with van der Waals surface area (Å²) in [6.07, 6.45) is 0.290. The number of halogens is 5. The van der Waals surface area contributed by atoms with Crippen LogP contribution in [0.5, 0.6) is 0 Å². The monoisotopic (exact) mass is 362 g/mol. The maximum absolute atomic E-state index is 12.6. The first-order valence-electron chi connectivity index (χ1n) is 5.78. The van der Waals surface area contributed by atoms with Gasteiger partial charge in [0.1, 0.15) is 23.3 Å². The van der Waals surface area contributed by atoms with Crippen molar-refractivity contribution in [2.75, 3.05) is 0 Å². The lowest BCUT2D eigenvalue weighted by Gasteiger charge is -1.97. The lowest BCUT2D eigenvalue weighted by atomic mass is 10.1. The molecule has 0 aromatic heterocycles. The second-order valence-corrected chi connectivity index (χ2v) is 5.11. The minimum atomic E-state index is -0.682. The fourth-order valence-electron chi connectivity index (χ4n) is 1.37. The Kier molecular flexibility index (Phi) is 6.08. The molecule has 6 heteroatoms. The molecule has 0 fully saturated rings. The molecule has 0 N–H and O–H groups in total. The van der Waals surface area contributed by atoms with Gasteiger partial charge in [-0.25, -0.2) is 17.6 Å². The Morgan fingerprint density at radius 2 is 1.29 bits per heavy atom. The van der Waals surface area contributed by atoms with E-state index in [0.717, 1.165) is 24.3 Å². The van der Waals surface area contributed by atoms with Gasteiger partial charge in [-0.05, 0) is 65.2 Å². The highest BCUT2D eigenvalue weighted by molar-refractivity contribution is 9.10. The number of carbonyl (C=O) groups excluding carboxylic acids is 1. The fraction of sp³-hybridized carbons (Fsp3) is 0.133. The summed E-state index contributed by atoms with van der Waals surface area (Å²) in [4.78, 5) is 10.1. The predicted molar refractivity (Wildman–Crippen MR) is 75.3 cm³/mol. The van der Waals surface area contributed by atoms with Crippen LogP contribution in [0.1, 0.15) is 21.5 Å². The van der Waals surface area contributed by atoms with E-state index in [1.165, 1.54) is 13.8 Å². The van der Waals surface area contributed by atoms with Crippen molar-refractivity contribution >= 4 is 22.2 Å². The third-order valence-corrected chi connectivity index (χ3v) is 3.21. The van der Waals surface area contributed by atoms with Crippen LogP contribution in [-0.2, 0) is 0 Å². The summed E-state index contributed by atoms with van der Waals surface area (Å²) in [6, 6.07) is 4.15. The van der Waals surface area contributed by atoms with Crippen molar-refractivity contribution in [3.8, 4) is 0 Å². The van der Waals surface area contributed by atoms with Crippen LogP contribution in [0, 0.1) is 37.1 Å². The second-order valence-electron chi connectivity index (χ2n) is 4.26. The van der Waals surface area contributed by atoms with Crippen LogP contribution in [0.2, 0.25) is 0 Å². The highest BCUT2D eigenvalue weighted by Crippen LogP contribution is 2.18. The topological polar surface area (TPSA) is 17.1 Å². The quantitative estimate of drug-likeness (QED) is 0.390. The van der Waals surface area contributed by atoms with Crippen LogP contribution in [0.25, 0.3) is 0 Å². The molecule has 2 aromatic rings. The smallest absolute Gasteiger partial charge is 0.153 e. The van der Waals surface area contributed by atoms with Crippen molar-refractivity contribution in [2.45, 2.75) is 13.8 Å². The number of rotatable bonds is 1. The molecular weight excluding hydrogens is 352 g/mol. The molecule has 0 spiro atoms. The van der Waals surface area contributed by atoms with Crippen LogP contribution in [0.15, 0.2) is 28.7 Å². The summed E-state index contributed by atoms with van der Waals surface area (Å²) >= 11 is 2.87. The number of benzene rings is 2. The molecule has 0 radical (unpaired) electrons. The fourth-order valence-corrected chi connectivity index (χ4v) is 1.69. The van der Waals surface area contributed by atoms with E-state index in [4.69, 9.17) is 0 Å². The number of hydrogen-bond acceptors (Lipinski definition) is 1. The predicted octanol–water partition coefficient (Wildman–Crippen LogP) is 5.12. The molecular formula is C15H11BrF4O. The van der Waals surface area contributed by atoms with E-state index in [0.29, 0.717) is 5.56 Å². The Morgan fingerprint density at radius 3 is 1.76 bits per heavy atom. The molecule has 0 bridgehead atoms. The molecule has 21 heavy (non-hydrogen) atoms. The maximum atomic E-state index is 12.6. The van der Waals surface area contributed by atoms with Gasteiger partial charge in [0, 0.05) is 0 Å². The second kappa shape index (κ2) is 7.36.